The number of carbonyl (C=O) groups is 1. The molecule has 2 nitrogen and oxygen atoms in total. The van der Waals surface area contributed by atoms with Crippen molar-refractivity contribution in [2.75, 3.05) is 0 Å². The molecule has 0 aromatic heterocycles. The van der Waals surface area contributed by atoms with Crippen LogP contribution >= 0.6 is 11.6 Å². The summed E-state index contributed by atoms with van der Waals surface area (Å²) in [6.07, 6.45) is 0. The molecule has 0 N–H and O–H groups in total. The summed E-state index contributed by atoms with van der Waals surface area (Å²) in [6.45, 7) is 3.50. The van der Waals surface area contributed by atoms with Crippen LogP contribution < -0.4 is 0 Å². The minimum atomic E-state index is -0.823. The normalized spacial score (nSPS) is 12.2. The molecule has 0 aliphatic heterocycles. The fourth-order valence-corrected chi connectivity index (χ4v) is 1.53. The fourth-order valence-electron chi connectivity index (χ4n) is 1.37. The zero-order valence-corrected chi connectivity index (χ0v) is 9.75. The van der Waals surface area contributed by atoms with Gasteiger partial charge in [0.2, 0.25) is 0 Å². The van der Waals surface area contributed by atoms with Crippen LogP contribution in [0.4, 0.5) is 4.39 Å². The van der Waals surface area contributed by atoms with E-state index in [1.807, 2.05) is 6.07 Å². The van der Waals surface area contributed by atoms with Gasteiger partial charge in [0.15, 0.2) is 5.78 Å². The second kappa shape index (κ2) is 5.09. The molecule has 0 saturated heterocycles. The number of Topliss-reactive ketones (excluding diaryl/α,β-unsaturated/α-hetero) is 1. The van der Waals surface area contributed by atoms with Crippen molar-refractivity contribution in [1.29, 1.82) is 5.26 Å². The molecule has 0 fully saturated rings. The van der Waals surface area contributed by atoms with Crippen molar-refractivity contribution in [2.24, 2.45) is 11.8 Å². The Hall–Kier alpha value is -1.40. The van der Waals surface area contributed by atoms with Gasteiger partial charge in [-0.1, -0.05) is 25.4 Å². The molecule has 0 amide bonds. The van der Waals surface area contributed by atoms with Gasteiger partial charge in [-0.2, -0.15) is 5.26 Å². The van der Waals surface area contributed by atoms with Crippen LogP contribution in [0.1, 0.15) is 24.2 Å². The van der Waals surface area contributed by atoms with E-state index in [9.17, 15) is 9.18 Å². The summed E-state index contributed by atoms with van der Waals surface area (Å²) in [6, 6.07) is 5.71. The zero-order chi connectivity index (χ0) is 12.3. The van der Waals surface area contributed by atoms with Gasteiger partial charge in [-0.3, -0.25) is 4.79 Å². The number of ketones is 1. The molecule has 0 saturated carbocycles. The van der Waals surface area contributed by atoms with E-state index in [-0.39, 0.29) is 16.5 Å². The summed E-state index contributed by atoms with van der Waals surface area (Å²) in [4.78, 5) is 11.8. The number of halogens is 2. The number of nitriles is 1. The van der Waals surface area contributed by atoms with Crippen LogP contribution in [0.15, 0.2) is 18.2 Å². The average Bonchev–Trinajstić information content (AvgIpc) is 2.17. The van der Waals surface area contributed by atoms with Crippen molar-refractivity contribution in [1.82, 2.24) is 0 Å². The van der Waals surface area contributed by atoms with Gasteiger partial charge in [-0.15, -0.1) is 0 Å². The molecule has 1 unspecified atom stereocenters. The average molecular weight is 240 g/mol. The van der Waals surface area contributed by atoms with E-state index in [1.165, 1.54) is 12.1 Å². The van der Waals surface area contributed by atoms with Crippen molar-refractivity contribution in [3.8, 4) is 6.07 Å². The summed E-state index contributed by atoms with van der Waals surface area (Å²) < 4.78 is 13.4. The molecule has 1 aromatic carbocycles. The van der Waals surface area contributed by atoms with Crippen molar-refractivity contribution in [3.63, 3.8) is 0 Å². The summed E-state index contributed by atoms with van der Waals surface area (Å²) in [7, 11) is 0. The predicted octanol–water partition coefficient (Wildman–Crippen LogP) is 3.46. The quantitative estimate of drug-likeness (QED) is 0.758. The van der Waals surface area contributed by atoms with Crippen molar-refractivity contribution in [2.45, 2.75) is 13.8 Å². The Bertz CT molecular complexity index is 451. The van der Waals surface area contributed by atoms with Crippen LogP contribution in [0.25, 0.3) is 0 Å². The molecule has 1 rings (SSSR count). The lowest BCUT2D eigenvalue weighted by Gasteiger charge is -2.12. The van der Waals surface area contributed by atoms with E-state index in [0.29, 0.717) is 0 Å². The van der Waals surface area contributed by atoms with Gasteiger partial charge < -0.3 is 0 Å². The maximum absolute atomic E-state index is 13.4. The third-order valence-corrected chi connectivity index (χ3v) is 2.52. The summed E-state index contributed by atoms with van der Waals surface area (Å²) in [5.74, 6) is -2.15. The number of nitrogens with zero attached hydrogens (tertiary/aromatic N) is 1. The number of rotatable bonds is 3. The van der Waals surface area contributed by atoms with Gasteiger partial charge in [0.25, 0.3) is 0 Å². The molecule has 0 aliphatic carbocycles. The van der Waals surface area contributed by atoms with Crippen LogP contribution in [0.2, 0.25) is 5.02 Å². The van der Waals surface area contributed by atoms with Crippen LogP contribution in [-0.4, -0.2) is 5.78 Å². The lowest BCUT2D eigenvalue weighted by atomic mass is 9.89. The van der Waals surface area contributed by atoms with Crippen LogP contribution in [0, 0.1) is 29.0 Å². The number of hydrogen-bond acceptors (Lipinski definition) is 2. The summed E-state index contributed by atoms with van der Waals surface area (Å²) >= 11 is 5.58. The first-order valence-corrected chi connectivity index (χ1v) is 5.24. The van der Waals surface area contributed by atoms with E-state index in [2.05, 4.69) is 0 Å². The van der Waals surface area contributed by atoms with Crippen LogP contribution in [-0.2, 0) is 0 Å². The third kappa shape index (κ3) is 2.59. The van der Waals surface area contributed by atoms with Crippen LogP contribution in [0.3, 0.4) is 0 Å². The van der Waals surface area contributed by atoms with E-state index >= 15 is 0 Å². The Balaban J connectivity index is 3.10. The Labute approximate surface area is 98.6 Å². The van der Waals surface area contributed by atoms with Gasteiger partial charge in [-0.05, 0) is 24.1 Å². The maximum atomic E-state index is 13.4. The smallest absolute Gasteiger partial charge is 0.183 e. The lowest BCUT2D eigenvalue weighted by molar-refractivity contribution is 0.0920. The Kier molecular flexibility index (Phi) is 4.03. The zero-order valence-electron chi connectivity index (χ0n) is 9.00. The topological polar surface area (TPSA) is 40.9 Å². The second-order valence-electron chi connectivity index (χ2n) is 3.84. The SMILES string of the molecule is CC(C)C(C#N)C(=O)c1ccc(Cl)cc1F. The maximum Gasteiger partial charge on any atom is 0.183 e. The Morgan fingerprint density at radius 3 is 2.56 bits per heavy atom. The van der Waals surface area contributed by atoms with E-state index in [4.69, 9.17) is 16.9 Å². The molecule has 0 radical (unpaired) electrons. The highest BCUT2D eigenvalue weighted by Gasteiger charge is 2.25. The van der Waals surface area contributed by atoms with Gasteiger partial charge in [0.05, 0.1) is 11.6 Å². The molecular formula is C12H11ClFNO. The highest BCUT2D eigenvalue weighted by Crippen LogP contribution is 2.21. The van der Waals surface area contributed by atoms with Crippen molar-refractivity contribution in [3.05, 3.63) is 34.6 Å². The Morgan fingerprint density at radius 1 is 1.50 bits per heavy atom. The first-order chi connectivity index (χ1) is 7.47. The van der Waals surface area contributed by atoms with E-state index < -0.39 is 17.5 Å². The molecular weight excluding hydrogens is 229 g/mol. The monoisotopic (exact) mass is 239 g/mol. The number of carbonyl (C=O) groups excluding carboxylic acids is 1. The highest BCUT2D eigenvalue weighted by molar-refractivity contribution is 6.30. The highest BCUT2D eigenvalue weighted by atomic mass is 35.5. The summed E-state index contributed by atoms with van der Waals surface area (Å²) in [5.41, 5.74) is -0.0790. The molecule has 1 atom stereocenters. The van der Waals surface area contributed by atoms with Gasteiger partial charge >= 0.3 is 0 Å². The molecule has 0 spiro atoms. The second-order valence-corrected chi connectivity index (χ2v) is 4.28. The van der Waals surface area contributed by atoms with Gasteiger partial charge in [0, 0.05) is 5.02 Å². The van der Waals surface area contributed by atoms with E-state index in [0.717, 1.165) is 6.07 Å². The van der Waals surface area contributed by atoms with Gasteiger partial charge in [-0.25, -0.2) is 4.39 Å². The summed E-state index contributed by atoms with van der Waals surface area (Å²) in [5, 5.41) is 9.08. The first-order valence-electron chi connectivity index (χ1n) is 4.86. The molecule has 84 valence electrons. The molecule has 0 heterocycles. The minimum absolute atomic E-state index is 0.0790. The molecule has 16 heavy (non-hydrogen) atoms. The minimum Gasteiger partial charge on any atom is -0.293 e. The number of hydrogen-bond donors (Lipinski definition) is 0. The third-order valence-electron chi connectivity index (χ3n) is 2.28. The van der Waals surface area contributed by atoms with Crippen molar-refractivity contribution >= 4 is 17.4 Å². The Morgan fingerprint density at radius 2 is 2.12 bits per heavy atom. The standard InChI is InChI=1S/C12H11ClFNO/c1-7(2)10(6-15)12(16)9-4-3-8(13)5-11(9)14/h3-5,7,10H,1-2H3. The molecule has 0 aliphatic rings. The molecule has 4 heteroatoms. The fraction of sp³-hybridized carbons (Fsp3) is 0.333. The molecule has 1 aromatic rings. The number of benzene rings is 1. The largest absolute Gasteiger partial charge is 0.293 e. The molecule has 0 bridgehead atoms. The van der Waals surface area contributed by atoms with E-state index in [1.54, 1.807) is 13.8 Å². The lowest BCUT2D eigenvalue weighted by Crippen LogP contribution is -2.19. The first kappa shape index (κ1) is 12.7. The van der Waals surface area contributed by atoms with Gasteiger partial charge in [0.1, 0.15) is 11.7 Å². The predicted molar refractivity (Wildman–Crippen MR) is 59.7 cm³/mol. The van der Waals surface area contributed by atoms with Crippen LogP contribution in [0.5, 0.6) is 0 Å². The van der Waals surface area contributed by atoms with Crippen molar-refractivity contribution < 1.29 is 9.18 Å².